The highest BCUT2D eigenvalue weighted by molar-refractivity contribution is 5.89. The lowest BCUT2D eigenvalue weighted by molar-refractivity contribution is 0.0524. The molecule has 9 heteroatoms. The first-order valence-corrected chi connectivity index (χ1v) is 9.14. The van der Waals surface area contributed by atoms with Gasteiger partial charge in [-0.05, 0) is 51.0 Å². The van der Waals surface area contributed by atoms with Gasteiger partial charge >= 0.3 is 12.1 Å². The van der Waals surface area contributed by atoms with E-state index in [0.29, 0.717) is 24.3 Å². The Labute approximate surface area is 168 Å². The van der Waals surface area contributed by atoms with Gasteiger partial charge in [0.2, 0.25) is 0 Å². The number of aromatic nitrogens is 2. The van der Waals surface area contributed by atoms with Crippen LogP contribution in [0.2, 0.25) is 0 Å². The van der Waals surface area contributed by atoms with Crippen LogP contribution < -0.4 is 15.6 Å². The topological polar surface area (TPSA) is 120 Å². The maximum Gasteiger partial charge on any atom is 0.407 e. The first kappa shape index (κ1) is 21.9. The van der Waals surface area contributed by atoms with Crippen LogP contribution in [0, 0.1) is 0 Å². The van der Waals surface area contributed by atoms with E-state index in [-0.39, 0.29) is 24.3 Å². The highest BCUT2D eigenvalue weighted by Gasteiger charge is 2.16. The van der Waals surface area contributed by atoms with Gasteiger partial charge in [-0.2, -0.15) is 5.10 Å². The number of hydrogen-bond acceptors (Lipinski definition) is 6. The normalized spacial score (nSPS) is 11.0. The van der Waals surface area contributed by atoms with Crippen LogP contribution in [0.25, 0.3) is 0 Å². The maximum absolute atomic E-state index is 11.8. The van der Waals surface area contributed by atoms with Gasteiger partial charge in [-0.1, -0.05) is 6.07 Å². The van der Waals surface area contributed by atoms with Crippen molar-refractivity contribution < 1.29 is 24.2 Å². The second-order valence-electron chi connectivity index (χ2n) is 7.27. The number of carboxylic acids is 1. The van der Waals surface area contributed by atoms with Gasteiger partial charge in [0.1, 0.15) is 11.4 Å². The molecule has 0 atom stereocenters. The summed E-state index contributed by atoms with van der Waals surface area (Å²) in [6, 6.07) is 7.52. The first-order chi connectivity index (χ1) is 13.7. The predicted molar refractivity (Wildman–Crippen MR) is 105 cm³/mol. The van der Waals surface area contributed by atoms with E-state index in [1.54, 1.807) is 32.9 Å². The minimum absolute atomic E-state index is 0.0342. The van der Waals surface area contributed by atoms with Crippen LogP contribution in [-0.2, 0) is 11.3 Å². The molecule has 0 saturated heterocycles. The van der Waals surface area contributed by atoms with Gasteiger partial charge in [0, 0.05) is 18.8 Å². The fourth-order valence-electron chi connectivity index (χ4n) is 2.42. The molecule has 0 unspecified atom stereocenters. The van der Waals surface area contributed by atoms with Gasteiger partial charge in [0.05, 0.1) is 18.7 Å². The second kappa shape index (κ2) is 9.72. The highest BCUT2D eigenvalue weighted by Crippen LogP contribution is 2.19. The zero-order valence-electron chi connectivity index (χ0n) is 16.7. The summed E-state index contributed by atoms with van der Waals surface area (Å²) in [4.78, 5) is 34.9. The molecule has 156 valence electrons. The summed E-state index contributed by atoms with van der Waals surface area (Å²) < 4.78 is 11.9. The lowest BCUT2D eigenvalue weighted by Gasteiger charge is -2.19. The summed E-state index contributed by atoms with van der Waals surface area (Å²) in [6.45, 7) is 6.04. The van der Waals surface area contributed by atoms with Crippen LogP contribution in [0.15, 0.2) is 41.3 Å². The molecule has 0 saturated carbocycles. The number of aromatic carboxylic acids is 1. The van der Waals surface area contributed by atoms with Crippen molar-refractivity contribution in [3.63, 3.8) is 0 Å². The van der Waals surface area contributed by atoms with E-state index in [1.165, 1.54) is 29.1 Å². The van der Waals surface area contributed by atoms with Gasteiger partial charge in [-0.15, -0.1) is 0 Å². The summed E-state index contributed by atoms with van der Waals surface area (Å²) in [5.41, 5.74) is -0.401. The zero-order chi connectivity index (χ0) is 21.4. The molecule has 0 aliphatic rings. The third-order valence-electron chi connectivity index (χ3n) is 3.68. The number of ether oxygens (including phenoxy) is 2. The number of benzene rings is 1. The molecule has 1 aromatic heterocycles. The van der Waals surface area contributed by atoms with Gasteiger partial charge in [0.15, 0.2) is 0 Å². The molecule has 0 aliphatic heterocycles. The van der Waals surface area contributed by atoms with Crippen molar-refractivity contribution in [1.29, 1.82) is 0 Å². The maximum atomic E-state index is 11.8. The third-order valence-corrected chi connectivity index (χ3v) is 3.68. The Morgan fingerprint density at radius 3 is 2.66 bits per heavy atom. The summed E-state index contributed by atoms with van der Waals surface area (Å²) in [5, 5.41) is 16.0. The lowest BCUT2D eigenvalue weighted by atomic mass is 10.1. The summed E-state index contributed by atoms with van der Waals surface area (Å²) in [5.74, 6) is -0.738. The van der Waals surface area contributed by atoms with E-state index < -0.39 is 17.7 Å². The van der Waals surface area contributed by atoms with Crippen LogP contribution in [0.3, 0.4) is 0 Å². The molecular weight excluding hydrogens is 378 g/mol. The Morgan fingerprint density at radius 1 is 1.24 bits per heavy atom. The van der Waals surface area contributed by atoms with Crippen LogP contribution in [-0.4, -0.2) is 45.7 Å². The molecule has 1 heterocycles. The number of carbonyl (C=O) groups is 2. The van der Waals surface area contributed by atoms with E-state index in [1.807, 2.05) is 0 Å². The molecule has 9 nitrogen and oxygen atoms in total. The number of rotatable bonds is 8. The number of alkyl carbamates (subject to hydrolysis) is 1. The fraction of sp³-hybridized carbons (Fsp3) is 0.400. The number of nitrogens with zero attached hydrogens (tertiary/aromatic N) is 2. The standard InChI is InChI=1S/C20H25N3O6/c1-20(2,3)29-19(27)21-9-5-11-28-15-8-7-14(16(12-15)18(25)26)13-23-17(24)6-4-10-22-23/h4,6-8,10,12H,5,9,11,13H2,1-3H3,(H,21,27)(H,25,26). The monoisotopic (exact) mass is 403 g/mol. The molecule has 29 heavy (non-hydrogen) atoms. The van der Waals surface area contributed by atoms with E-state index in [9.17, 15) is 19.5 Å². The number of nitrogens with one attached hydrogen (secondary N) is 1. The van der Waals surface area contributed by atoms with E-state index in [0.717, 1.165) is 0 Å². The average Bonchev–Trinajstić information content (AvgIpc) is 2.62. The lowest BCUT2D eigenvalue weighted by Crippen LogP contribution is -2.33. The molecule has 0 spiro atoms. The molecule has 1 amide bonds. The van der Waals surface area contributed by atoms with Crippen LogP contribution in [0.4, 0.5) is 4.79 Å². The number of hydrogen-bond donors (Lipinski definition) is 2. The van der Waals surface area contributed by atoms with Crippen molar-refractivity contribution in [3.05, 3.63) is 58.0 Å². The minimum atomic E-state index is -1.12. The number of carboxylic acid groups (broad SMARTS) is 1. The van der Waals surface area contributed by atoms with Crippen LogP contribution in [0.5, 0.6) is 5.75 Å². The molecule has 1 aromatic carbocycles. The Morgan fingerprint density at radius 2 is 2.00 bits per heavy atom. The van der Waals surface area contributed by atoms with Crippen molar-refractivity contribution in [2.75, 3.05) is 13.2 Å². The zero-order valence-corrected chi connectivity index (χ0v) is 16.7. The molecule has 0 aliphatic carbocycles. The van der Waals surface area contributed by atoms with Crippen molar-refractivity contribution >= 4 is 12.1 Å². The average molecular weight is 403 g/mol. The molecule has 2 aromatic rings. The summed E-state index contributed by atoms with van der Waals surface area (Å²) >= 11 is 0. The molecule has 0 radical (unpaired) electrons. The van der Waals surface area contributed by atoms with Crippen molar-refractivity contribution in [3.8, 4) is 5.75 Å². The van der Waals surface area contributed by atoms with E-state index >= 15 is 0 Å². The Balaban J connectivity index is 1.91. The van der Waals surface area contributed by atoms with Crippen LogP contribution in [0.1, 0.15) is 43.1 Å². The first-order valence-electron chi connectivity index (χ1n) is 9.14. The quantitative estimate of drug-likeness (QED) is 0.649. The number of amides is 1. The molecule has 0 bridgehead atoms. The molecule has 2 N–H and O–H groups in total. The van der Waals surface area contributed by atoms with Gasteiger partial charge in [-0.3, -0.25) is 4.79 Å². The van der Waals surface area contributed by atoms with Crippen molar-refractivity contribution in [2.45, 2.75) is 39.3 Å². The SMILES string of the molecule is CC(C)(C)OC(=O)NCCCOc1ccc(Cn2ncccc2=O)c(C(=O)O)c1. The highest BCUT2D eigenvalue weighted by atomic mass is 16.6. The molecule has 0 fully saturated rings. The van der Waals surface area contributed by atoms with Gasteiger partial charge in [-0.25, -0.2) is 14.3 Å². The second-order valence-corrected chi connectivity index (χ2v) is 7.27. The Bertz CT molecular complexity index is 917. The van der Waals surface area contributed by atoms with E-state index in [4.69, 9.17) is 9.47 Å². The minimum Gasteiger partial charge on any atom is -0.494 e. The fourth-order valence-corrected chi connectivity index (χ4v) is 2.42. The van der Waals surface area contributed by atoms with Crippen molar-refractivity contribution in [1.82, 2.24) is 15.1 Å². The largest absolute Gasteiger partial charge is 0.494 e. The Hall–Kier alpha value is -3.36. The van der Waals surface area contributed by atoms with Crippen LogP contribution >= 0.6 is 0 Å². The smallest absolute Gasteiger partial charge is 0.407 e. The van der Waals surface area contributed by atoms with Crippen molar-refractivity contribution in [2.24, 2.45) is 0 Å². The van der Waals surface area contributed by atoms with Gasteiger partial charge in [0.25, 0.3) is 5.56 Å². The molecule has 2 rings (SSSR count). The Kier molecular flexibility index (Phi) is 7.35. The summed E-state index contributed by atoms with van der Waals surface area (Å²) in [6.07, 6.45) is 1.48. The molecular formula is C20H25N3O6. The third kappa shape index (κ3) is 7.28. The predicted octanol–water partition coefficient (Wildman–Crippen LogP) is 2.28. The summed E-state index contributed by atoms with van der Waals surface area (Å²) in [7, 11) is 0. The number of carbonyl (C=O) groups excluding carboxylic acids is 1. The van der Waals surface area contributed by atoms with Gasteiger partial charge < -0.3 is 19.9 Å². The van der Waals surface area contributed by atoms with E-state index in [2.05, 4.69) is 10.4 Å².